The average molecular weight is 306 g/mol. The first-order valence-electron chi connectivity index (χ1n) is 7.09. The van der Waals surface area contributed by atoms with Crippen LogP contribution in [0.3, 0.4) is 0 Å². The van der Waals surface area contributed by atoms with Crippen molar-refractivity contribution in [2.45, 2.75) is 26.2 Å². The zero-order valence-electron chi connectivity index (χ0n) is 12.6. The number of nitrogens with one attached hydrogen (secondary N) is 1. The van der Waals surface area contributed by atoms with Crippen molar-refractivity contribution in [1.29, 1.82) is 0 Å². The van der Waals surface area contributed by atoms with Gasteiger partial charge in [-0.05, 0) is 32.9 Å². The molecule has 0 aliphatic heterocycles. The van der Waals surface area contributed by atoms with E-state index in [1.165, 1.54) is 11.3 Å². The number of ketones is 1. The lowest BCUT2D eigenvalue weighted by molar-refractivity contribution is 0.103. The Morgan fingerprint density at radius 3 is 2.86 bits per heavy atom. The van der Waals surface area contributed by atoms with Crippen molar-refractivity contribution in [2.75, 3.05) is 0 Å². The molecule has 3 aromatic rings. The number of terminal acetylenes is 1. The standard InChI is InChI=1S/C18H14N2OS/c1-5-10-6-7-11-12(8-10)20-16-13(11)14(21)15-17(18(16,3)4)19-9(2)22-15/h1,6-8,20H,2-4H3. The van der Waals surface area contributed by atoms with Gasteiger partial charge in [-0.3, -0.25) is 4.79 Å². The van der Waals surface area contributed by atoms with Crippen molar-refractivity contribution < 1.29 is 4.79 Å². The fourth-order valence-electron chi connectivity index (χ4n) is 3.23. The van der Waals surface area contributed by atoms with Crippen molar-refractivity contribution in [2.24, 2.45) is 0 Å². The molecule has 3 nitrogen and oxygen atoms in total. The molecule has 1 N–H and O–H groups in total. The van der Waals surface area contributed by atoms with Gasteiger partial charge in [0.15, 0.2) is 0 Å². The van der Waals surface area contributed by atoms with Gasteiger partial charge in [-0.1, -0.05) is 12.0 Å². The third-order valence-corrected chi connectivity index (χ3v) is 5.32. The number of hydrogen-bond acceptors (Lipinski definition) is 3. The van der Waals surface area contributed by atoms with Crippen LogP contribution in [0, 0.1) is 19.3 Å². The van der Waals surface area contributed by atoms with Crippen molar-refractivity contribution in [1.82, 2.24) is 9.97 Å². The second-order valence-electron chi connectivity index (χ2n) is 6.14. The Bertz CT molecular complexity index is 998. The molecule has 22 heavy (non-hydrogen) atoms. The number of nitrogens with zero attached hydrogens (tertiary/aromatic N) is 1. The van der Waals surface area contributed by atoms with E-state index in [2.05, 4.69) is 29.7 Å². The first-order valence-corrected chi connectivity index (χ1v) is 7.90. The summed E-state index contributed by atoms with van der Waals surface area (Å²) in [6, 6.07) is 5.74. The Hall–Kier alpha value is -2.38. The van der Waals surface area contributed by atoms with E-state index in [0.717, 1.165) is 43.3 Å². The molecule has 108 valence electrons. The number of hydrogen-bond donors (Lipinski definition) is 1. The normalized spacial score (nSPS) is 15.5. The molecular formula is C18H14N2OS. The van der Waals surface area contributed by atoms with Gasteiger partial charge in [0.1, 0.15) is 0 Å². The summed E-state index contributed by atoms with van der Waals surface area (Å²) in [7, 11) is 0. The van der Waals surface area contributed by atoms with E-state index in [9.17, 15) is 4.79 Å². The fourth-order valence-corrected chi connectivity index (χ4v) is 4.25. The van der Waals surface area contributed by atoms with Crippen LogP contribution in [0.1, 0.15) is 51.0 Å². The molecule has 0 fully saturated rings. The molecule has 4 heteroatoms. The minimum Gasteiger partial charge on any atom is -0.357 e. The van der Waals surface area contributed by atoms with Gasteiger partial charge in [0.05, 0.1) is 21.1 Å². The maximum atomic E-state index is 12.9. The highest BCUT2D eigenvalue weighted by atomic mass is 32.1. The third kappa shape index (κ3) is 1.52. The molecule has 0 saturated heterocycles. The van der Waals surface area contributed by atoms with Gasteiger partial charge in [0, 0.05) is 27.6 Å². The molecule has 1 aromatic carbocycles. The molecule has 4 rings (SSSR count). The molecule has 0 saturated carbocycles. The lowest BCUT2D eigenvalue weighted by Gasteiger charge is -2.28. The summed E-state index contributed by atoms with van der Waals surface area (Å²) in [4.78, 5) is 21.7. The summed E-state index contributed by atoms with van der Waals surface area (Å²) in [5.74, 6) is 2.70. The third-order valence-electron chi connectivity index (χ3n) is 4.35. The molecule has 0 atom stereocenters. The number of carbonyl (C=O) groups is 1. The highest BCUT2D eigenvalue weighted by molar-refractivity contribution is 7.14. The first-order chi connectivity index (χ1) is 10.4. The molecule has 0 radical (unpaired) electrons. The van der Waals surface area contributed by atoms with Crippen LogP contribution < -0.4 is 0 Å². The van der Waals surface area contributed by atoms with E-state index >= 15 is 0 Å². The molecular weight excluding hydrogens is 292 g/mol. The zero-order valence-corrected chi connectivity index (χ0v) is 13.4. The summed E-state index contributed by atoms with van der Waals surface area (Å²) in [6.07, 6.45) is 5.47. The van der Waals surface area contributed by atoms with Gasteiger partial charge < -0.3 is 4.98 Å². The van der Waals surface area contributed by atoms with Crippen LogP contribution >= 0.6 is 11.3 Å². The minimum absolute atomic E-state index is 0.0645. The second kappa shape index (κ2) is 4.08. The predicted molar refractivity (Wildman–Crippen MR) is 88.6 cm³/mol. The molecule has 0 spiro atoms. The number of aromatic amines is 1. The number of carbonyl (C=O) groups excluding carboxylic acids is 1. The Morgan fingerprint density at radius 2 is 2.14 bits per heavy atom. The SMILES string of the molecule is C#Cc1ccc2c3c([nH]c2c1)C(C)(C)c1nc(C)sc1C3=O. The summed E-state index contributed by atoms with van der Waals surface area (Å²) in [5, 5.41) is 1.86. The average Bonchev–Trinajstić information content (AvgIpc) is 3.06. The van der Waals surface area contributed by atoms with Crippen molar-refractivity contribution in [3.05, 3.63) is 50.6 Å². The zero-order chi connectivity index (χ0) is 15.6. The van der Waals surface area contributed by atoms with Crippen molar-refractivity contribution in [3.8, 4) is 12.3 Å². The highest BCUT2D eigenvalue weighted by Gasteiger charge is 2.42. The number of aromatic nitrogens is 2. The van der Waals surface area contributed by atoms with Gasteiger partial charge in [-0.2, -0.15) is 0 Å². The number of thiazole rings is 1. The van der Waals surface area contributed by atoms with Gasteiger partial charge in [0.2, 0.25) is 5.78 Å². The summed E-state index contributed by atoms with van der Waals surface area (Å²) >= 11 is 1.48. The van der Waals surface area contributed by atoms with Crippen molar-refractivity contribution >= 4 is 28.0 Å². The van der Waals surface area contributed by atoms with E-state index in [0.29, 0.717) is 0 Å². The summed E-state index contributed by atoms with van der Waals surface area (Å²) in [5.41, 5.74) is 3.96. The van der Waals surface area contributed by atoms with Gasteiger partial charge in [-0.25, -0.2) is 4.98 Å². The quantitative estimate of drug-likeness (QED) is 0.642. The van der Waals surface area contributed by atoms with E-state index in [1.807, 2.05) is 25.1 Å². The molecule has 0 amide bonds. The summed E-state index contributed by atoms with van der Waals surface area (Å²) < 4.78 is 0. The molecule has 2 aromatic heterocycles. The van der Waals surface area contributed by atoms with E-state index < -0.39 is 0 Å². The number of H-pyrrole nitrogens is 1. The minimum atomic E-state index is -0.321. The molecule has 0 bridgehead atoms. The highest BCUT2D eigenvalue weighted by Crippen LogP contribution is 2.44. The number of benzene rings is 1. The van der Waals surface area contributed by atoms with Gasteiger partial charge in [-0.15, -0.1) is 17.8 Å². The smallest absolute Gasteiger partial charge is 0.207 e. The molecule has 2 heterocycles. The lowest BCUT2D eigenvalue weighted by atomic mass is 9.77. The monoisotopic (exact) mass is 306 g/mol. The van der Waals surface area contributed by atoms with Gasteiger partial charge in [0.25, 0.3) is 0 Å². The first kappa shape index (κ1) is 13.3. The number of rotatable bonds is 0. The molecule has 0 unspecified atom stereocenters. The largest absolute Gasteiger partial charge is 0.357 e. The van der Waals surface area contributed by atoms with E-state index in [1.54, 1.807) is 0 Å². The van der Waals surface area contributed by atoms with Crippen LogP contribution in [-0.2, 0) is 5.41 Å². The van der Waals surface area contributed by atoms with Crippen molar-refractivity contribution in [3.63, 3.8) is 0 Å². The molecule has 1 aliphatic carbocycles. The summed E-state index contributed by atoms with van der Waals surface area (Å²) in [6.45, 7) is 6.15. The van der Waals surface area contributed by atoms with Crippen LogP contribution in [0.25, 0.3) is 10.9 Å². The maximum Gasteiger partial charge on any atom is 0.207 e. The second-order valence-corrected chi connectivity index (χ2v) is 7.35. The number of fused-ring (bicyclic) bond motifs is 4. The Balaban J connectivity index is 2.10. The van der Waals surface area contributed by atoms with Crippen LogP contribution in [-0.4, -0.2) is 15.8 Å². The van der Waals surface area contributed by atoms with Crippen LogP contribution in [0.5, 0.6) is 0 Å². The van der Waals surface area contributed by atoms with E-state index in [-0.39, 0.29) is 11.2 Å². The Labute approximate surface area is 132 Å². The Morgan fingerprint density at radius 1 is 1.36 bits per heavy atom. The fraction of sp³-hybridized carbons (Fsp3) is 0.222. The van der Waals surface area contributed by atoms with Crippen LogP contribution in [0.15, 0.2) is 18.2 Å². The molecule has 1 aliphatic rings. The van der Waals surface area contributed by atoms with Crippen LogP contribution in [0.4, 0.5) is 0 Å². The Kier molecular flexibility index (Phi) is 2.47. The van der Waals surface area contributed by atoms with Crippen LogP contribution in [0.2, 0.25) is 0 Å². The predicted octanol–water partition coefficient (Wildman–Crippen LogP) is 3.78. The van der Waals surface area contributed by atoms with Gasteiger partial charge >= 0.3 is 0 Å². The van der Waals surface area contributed by atoms with E-state index in [4.69, 9.17) is 6.42 Å². The number of aryl methyl sites for hydroxylation is 1. The topological polar surface area (TPSA) is 45.8 Å². The lowest BCUT2D eigenvalue weighted by Crippen LogP contribution is -2.29. The maximum absolute atomic E-state index is 12.9.